The fraction of sp³-hybridized carbons (Fsp3) is 0.105. The fourth-order valence-corrected chi connectivity index (χ4v) is 3.22. The van der Waals surface area contributed by atoms with Crippen LogP contribution in [0.3, 0.4) is 0 Å². The van der Waals surface area contributed by atoms with Crippen LogP contribution in [0.4, 0.5) is 0 Å². The molecule has 2 aromatic carbocycles. The lowest BCUT2D eigenvalue weighted by molar-refractivity contribution is 0.104. The molecule has 3 heteroatoms. The molecule has 0 atom stereocenters. The molecule has 0 unspecified atom stereocenters. The van der Waals surface area contributed by atoms with Gasteiger partial charge in [-0.1, -0.05) is 36.4 Å². The van der Waals surface area contributed by atoms with Gasteiger partial charge in [-0.15, -0.1) is 11.3 Å². The van der Waals surface area contributed by atoms with Crippen LogP contribution in [-0.4, -0.2) is 12.4 Å². The van der Waals surface area contributed by atoms with E-state index in [1.54, 1.807) is 17.4 Å². The highest BCUT2D eigenvalue weighted by atomic mass is 32.1. The van der Waals surface area contributed by atoms with Gasteiger partial charge < -0.3 is 4.74 Å². The second-order valence-electron chi connectivity index (χ2n) is 4.85. The Bertz CT molecular complexity index is 813. The van der Waals surface area contributed by atoms with Crippen molar-refractivity contribution in [1.29, 1.82) is 0 Å². The maximum atomic E-state index is 12.4. The largest absolute Gasteiger partial charge is 0.494 e. The molecule has 1 heterocycles. The van der Waals surface area contributed by atoms with Crippen LogP contribution in [0.15, 0.2) is 60.0 Å². The number of ether oxygens (including phenoxy) is 1. The third-order valence-corrected chi connectivity index (χ3v) is 4.33. The Morgan fingerprint density at radius 2 is 1.91 bits per heavy atom. The SMILES string of the molecule is CCOc1ccc(/C=C/C(=O)c2csc3ccccc23)cc1. The van der Waals surface area contributed by atoms with Gasteiger partial charge in [0, 0.05) is 21.0 Å². The summed E-state index contributed by atoms with van der Waals surface area (Å²) in [6.07, 6.45) is 3.47. The predicted octanol–water partition coefficient (Wildman–Crippen LogP) is 5.20. The first-order valence-corrected chi connectivity index (χ1v) is 8.07. The van der Waals surface area contributed by atoms with Crippen molar-refractivity contribution >= 4 is 33.3 Å². The zero-order valence-corrected chi connectivity index (χ0v) is 13.1. The summed E-state index contributed by atoms with van der Waals surface area (Å²) in [7, 11) is 0. The highest BCUT2D eigenvalue weighted by Crippen LogP contribution is 2.26. The molecule has 3 rings (SSSR count). The number of hydrogen-bond acceptors (Lipinski definition) is 3. The Morgan fingerprint density at radius 3 is 2.68 bits per heavy atom. The van der Waals surface area contributed by atoms with Crippen molar-refractivity contribution in [3.05, 3.63) is 71.1 Å². The van der Waals surface area contributed by atoms with Gasteiger partial charge in [0.1, 0.15) is 5.75 Å². The lowest BCUT2D eigenvalue weighted by atomic mass is 10.1. The standard InChI is InChI=1S/C19H16O2S/c1-2-21-15-10-7-14(8-11-15)9-12-18(20)17-13-22-19-6-4-3-5-16(17)19/h3-13H,2H2,1H3/b12-9+. The first-order valence-electron chi connectivity index (χ1n) is 7.19. The van der Waals surface area contributed by atoms with E-state index in [9.17, 15) is 4.79 Å². The van der Waals surface area contributed by atoms with E-state index in [-0.39, 0.29) is 5.78 Å². The summed E-state index contributed by atoms with van der Waals surface area (Å²) in [6.45, 7) is 2.61. The highest BCUT2D eigenvalue weighted by molar-refractivity contribution is 7.17. The number of carbonyl (C=O) groups is 1. The topological polar surface area (TPSA) is 26.3 Å². The number of benzene rings is 2. The van der Waals surface area contributed by atoms with Gasteiger partial charge in [0.05, 0.1) is 6.61 Å². The van der Waals surface area contributed by atoms with Crippen molar-refractivity contribution in [2.24, 2.45) is 0 Å². The van der Waals surface area contributed by atoms with Gasteiger partial charge >= 0.3 is 0 Å². The minimum absolute atomic E-state index is 0.0336. The summed E-state index contributed by atoms with van der Waals surface area (Å²) >= 11 is 1.60. The number of allylic oxidation sites excluding steroid dienone is 1. The Morgan fingerprint density at radius 1 is 1.14 bits per heavy atom. The Labute approximate surface area is 133 Å². The van der Waals surface area contributed by atoms with E-state index in [0.717, 1.165) is 27.0 Å². The van der Waals surface area contributed by atoms with Crippen molar-refractivity contribution in [1.82, 2.24) is 0 Å². The molecule has 0 aliphatic rings. The number of thiophene rings is 1. The lowest BCUT2D eigenvalue weighted by Crippen LogP contribution is -1.92. The number of ketones is 1. The molecule has 0 aliphatic carbocycles. The highest BCUT2D eigenvalue weighted by Gasteiger charge is 2.08. The van der Waals surface area contributed by atoms with E-state index in [2.05, 4.69) is 0 Å². The number of hydrogen-bond donors (Lipinski definition) is 0. The van der Waals surface area contributed by atoms with E-state index >= 15 is 0 Å². The van der Waals surface area contributed by atoms with E-state index in [1.807, 2.05) is 66.9 Å². The van der Waals surface area contributed by atoms with Crippen LogP contribution in [0.5, 0.6) is 5.75 Å². The van der Waals surface area contributed by atoms with Crippen LogP contribution in [0.1, 0.15) is 22.8 Å². The molecule has 0 fully saturated rings. The molecule has 0 spiro atoms. The minimum Gasteiger partial charge on any atom is -0.494 e. The summed E-state index contributed by atoms with van der Waals surface area (Å²) in [5.74, 6) is 0.876. The maximum Gasteiger partial charge on any atom is 0.187 e. The predicted molar refractivity (Wildman–Crippen MR) is 92.8 cm³/mol. The lowest BCUT2D eigenvalue weighted by Gasteiger charge is -2.02. The number of rotatable bonds is 5. The van der Waals surface area contributed by atoms with Crippen LogP contribution < -0.4 is 4.74 Å². The molecule has 1 aromatic heterocycles. The summed E-state index contributed by atoms with van der Waals surface area (Å²) in [5, 5.41) is 2.95. The van der Waals surface area contributed by atoms with Gasteiger partial charge in [-0.3, -0.25) is 4.79 Å². The Balaban J connectivity index is 1.78. The average Bonchev–Trinajstić information content (AvgIpc) is 2.98. The molecule has 0 saturated heterocycles. The molecular weight excluding hydrogens is 292 g/mol. The number of fused-ring (bicyclic) bond motifs is 1. The smallest absolute Gasteiger partial charge is 0.187 e. The van der Waals surface area contributed by atoms with E-state index in [1.165, 1.54) is 0 Å². The molecule has 0 saturated carbocycles. The van der Waals surface area contributed by atoms with Crippen molar-refractivity contribution in [3.8, 4) is 5.75 Å². The van der Waals surface area contributed by atoms with Crippen LogP contribution in [0.2, 0.25) is 0 Å². The van der Waals surface area contributed by atoms with Crippen LogP contribution >= 0.6 is 11.3 Å². The summed E-state index contributed by atoms with van der Waals surface area (Å²) in [6, 6.07) is 15.7. The van der Waals surface area contributed by atoms with Crippen molar-refractivity contribution in [3.63, 3.8) is 0 Å². The van der Waals surface area contributed by atoms with Gasteiger partial charge in [0.2, 0.25) is 0 Å². The Hall–Kier alpha value is -2.39. The van der Waals surface area contributed by atoms with Gasteiger partial charge in [-0.25, -0.2) is 0 Å². The monoisotopic (exact) mass is 308 g/mol. The zero-order chi connectivity index (χ0) is 15.4. The van der Waals surface area contributed by atoms with Crippen LogP contribution in [0.25, 0.3) is 16.2 Å². The normalized spacial score (nSPS) is 11.1. The van der Waals surface area contributed by atoms with Gasteiger partial charge in [0.25, 0.3) is 0 Å². The van der Waals surface area contributed by atoms with Crippen molar-refractivity contribution in [2.45, 2.75) is 6.92 Å². The van der Waals surface area contributed by atoms with Crippen molar-refractivity contribution in [2.75, 3.05) is 6.61 Å². The second kappa shape index (κ2) is 6.58. The van der Waals surface area contributed by atoms with Crippen molar-refractivity contribution < 1.29 is 9.53 Å². The number of carbonyl (C=O) groups excluding carboxylic acids is 1. The second-order valence-corrected chi connectivity index (χ2v) is 5.76. The molecule has 2 nitrogen and oxygen atoms in total. The minimum atomic E-state index is 0.0336. The first kappa shape index (κ1) is 14.5. The molecule has 0 radical (unpaired) electrons. The third kappa shape index (κ3) is 3.10. The molecule has 0 N–H and O–H groups in total. The molecule has 0 amide bonds. The molecule has 0 bridgehead atoms. The maximum absolute atomic E-state index is 12.4. The fourth-order valence-electron chi connectivity index (χ4n) is 2.27. The molecule has 3 aromatic rings. The molecule has 110 valence electrons. The molecule has 0 aliphatic heterocycles. The third-order valence-electron chi connectivity index (χ3n) is 3.36. The van der Waals surface area contributed by atoms with E-state index in [4.69, 9.17) is 4.74 Å². The van der Waals surface area contributed by atoms with Gasteiger partial charge in [0.15, 0.2) is 5.78 Å². The average molecular weight is 308 g/mol. The first-order chi connectivity index (χ1) is 10.8. The van der Waals surface area contributed by atoms with Gasteiger partial charge in [-0.2, -0.15) is 0 Å². The quantitative estimate of drug-likeness (QED) is 0.478. The van der Waals surface area contributed by atoms with Crippen LogP contribution in [-0.2, 0) is 0 Å². The Kier molecular flexibility index (Phi) is 4.35. The van der Waals surface area contributed by atoms with Gasteiger partial charge in [-0.05, 0) is 36.8 Å². The zero-order valence-electron chi connectivity index (χ0n) is 12.3. The van der Waals surface area contributed by atoms with E-state index < -0.39 is 0 Å². The van der Waals surface area contributed by atoms with E-state index in [0.29, 0.717) is 6.61 Å². The van der Waals surface area contributed by atoms with Crippen LogP contribution in [0, 0.1) is 0 Å². The molecular formula is C19H16O2S. The summed E-state index contributed by atoms with van der Waals surface area (Å²) < 4.78 is 6.54. The summed E-state index contributed by atoms with van der Waals surface area (Å²) in [4.78, 5) is 12.4. The molecule has 22 heavy (non-hydrogen) atoms. The summed E-state index contributed by atoms with van der Waals surface area (Å²) in [5.41, 5.74) is 1.75.